The van der Waals surface area contributed by atoms with Gasteiger partial charge in [-0.2, -0.15) is 0 Å². The Labute approximate surface area is 106 Å². The number of amides is 1. The minimum atomic E-state index is -0.0487. The Morgan fingerprint density at radius 1 is 1.59 bits per heavy atom. The molecule has 0 aromatic heterocycles. The summed E-state index contributed by atoms with van der Waals surface area (Å²) in [6.07, 6.45) is 2.79. The average Bonchev–Trinajstić information content (AvgIpc) is 2.29. The van der Waals surface area contributed by atoms with Crippen LogP contribution in [0.4, 0.5) is 0 Å². The van der Waals surface area contributed by atoms with E-state index in [0.717, 1.165) is 12.0 Å². The summed E-state index contributed by atoms with van der Waals surface area (Å²) in [5.74, 6) is 0.626. The van der Waals surface area contributed by atoms with Crippen molar-refractivity contribution < 1.29 is 9.53 Å². The van der Waals surface area contributed by atoms with Crippen molar-refractivity contribution in [1.82, 2.24) is 5.32 Å². The highest BCUT2D eigenvalue weighted by molar-refractivity contribution is 6.30. The summed E-state index contributed by atoms with van der Waals surface area (Å²) in [5, 5.41) is 3.39. The van der Waals surface area contributed by atoms with E-state index in [2.05, 4.69) is 11.9 Å². The van der Waals surface area contributed by atoms with Crippen LogP contribution in [0.3, 0.4) is 0 Å². The van der Waals surface area contributed by atoms with Gasteiger partial charge in [0.2, 0.25) is 5.91 Å². The highest BCUT2D eigenvalue weighted by atomic mass is 35.5. The summed E-state index contributed by atoms with van der Waals surface area (Å²) in [4.78, 5) is 11.6. The molecule has 0 aliphatic heterocycles. The maximum atomic E-state index is 11.6. The smallest absolute Gasteiger partial charge is 0.224 e. The fourth-order valence-corrected chi connectivity index (χ4v) is 1.63. The van der Waals surface area contributed by atoms with Crippen LogP contribution in [-0.2, 0) is 11.2 Å². The number of hydrogen-bond acceptors (Lipinski definition) is 2. The Kier molecular flexibility index (Phi) is 5.57. The largest absolute Gasteiger partial charge is 0.496 e. The first kappa shape index (κ1) is 13.6. The fraction of sp³-hybridized carbons (Fsp3) is 0.308. The number of nitrogens with one attached hydrogen (secondary N) is 1. The number of hydrogen-bond donors (Lipinski definition) is 1. The molecule has 0 spiro atoms. The van der Waals surface area contributed by atoms with Gasteiger partial charge in [-0.25, -0.2) is 0 Å². The molecule has 17 heavy (non-hydrogen) atoms. The Hall–Kier alpha value is -1.48. The minimum Gasteiger partial charge on any atom is -0.496 e. The van der Waals surface area contributed by atoms with Gasteiger partial charge >= 0.3 is 0 Å². The second kappa shape index (κ2) is 6.97. The molecule has 0 bridgehead atoms. The van der Waals surface area contributed by atoms with E-state index in [1.807, 2.05) is 0 Å². The molecule has 0 saturated heterocycles. The first-order valence-electron chi connectivity index (χ1n) is 5.37. The van der Waals surface area contributed by atoms with Gasteiger partial charge in [-0.05, 0) is 24.6 Å². The lowest BCUT2D eigenvalue weighted by Crippen LogP contribution is -2.25. The lowest BCUT2D eigenvalue weighted by molar-refractivity contribution is -0.120. The van der Waals surface area contributed by atoms with E-state index in [0.29, 0.717) is 17.3 Å². The van der Waals surface area contributed by atoms with Crippen molar-refractivity contribution in [3.63, 3.8) is 0 Å². The molecular formula is C13H16ClNO2. The lowest BCUT2D eigenvalue weighted by Gasteiger charge is -2.09. The maximum absolute atomic E-state index is 11.6. The van der Waals surface area contributed by atoms with Crippen molar-refractivity contribution in [2.75, 3.05) is 13.7 Å². The van der Waals surface area contributed by atoms with E-state index in [9.17, 15) is 4.79 Å². The number of carbonyl (C=O) groups excluding carboxylic acids is 1. The van der Waals surface area contributed by atoms with E-state index in [1.165, 1.54) is 0 Å². The topological polar surface area (TPSA) is 38.3 Å². The van der Waals surface area contributed by atoms with Crippen molar-refractivity contribution in [1.29, 1.82) is 0 Å². The molecule has 3 nitrogen and oxygen atoms in total. The third-order valence-corrected chi connectivity index (χ3v) is 2.50. The number of carbonyl (C=O) groups is 1. The van der Waals surface area contributed by atoms with E-state index >= 15 is 0 Å². The van der Waals surface area contributed by atoms with Crippen LogP contribution in [0.5, 0.6) is 5.75 Å². The van der Waals surface area contributed by atoms with E-state index in [-0.39, 0.29) is 12.3 Å². The van der Waals surface area contributed by atoms with Gasteiger partial charge in [0.15, 0.2) is 0 Å². The van der Waals surface area contributed by atoms with Gasteiger partial charge in [-0.15, -0.1) is 6.58 Å². The predicted octanol–water partition coefficient (Wildman–Crippen LogP) is 2.58. The van der Waals surface area contributed by atoms with Crippen LogP contribution in [0.1, 0.15) is 12.0 Å². The van der Waals surface area contributed by atoms with Crippen LogP contribution in [0, 0.1) is 0 Å². The summed E-state index contributed by atoms with van der Waals surface area (Å²) in [7, 11) is 1.57. The SMILES string of the molecule is C=CCCNC(=O)Cc1cc(Cl)ccc1OC. The molecule has 1 rings (SSSR count). The molecule has 1 aromatic rings. The Balaban J connectivity index is 2.63. The molecule has 4 heteroatoms. The molecule has 1 aromatic carbocycles. The third-order valence-electron chi connectivity index (χ3n) is 2.26. The van der Waals surface area contributed by atoms with Crippen molar-refractivity contribution in [2.45, 2.75) is 12.8 Å². The molecule has 0 heterocycles. The average molecular weight is 254 g/mol. The summed E-state index contributed by atoms with van der Waals surface area (Å²) in [6, 6.07) is 5.24. The number of ether oxygens (including phenoxy) is 1. The molecule has 0 fully saturated rings. The van der Waals surface area contributed by atoms with Gasteiger partial charge in [-0.1, -0.05) is 17.7 Å². The molecule has 92 valence electrons. The van der Waals surface area contributed by atoms with Gasteiger partial charge in [-0.3, -0.25) is 4.79 Å². The van der Waals surface area contributed by atoms with Crippen molar-refractivity contribution in [3.8, 4) is 5.75 Å². The number of methoxy groups -OCH3 is 1. The molecule has 0 saturated carbocycles. The number of halogens is 1. The Morgan fingerprint density at radius 3 is 3.00 bits per heavy atom. The first-order valence-corrected chi connectivity index (χ1v) is 5.75. The van der Waals surface area contributed by atoms with Crippen molar-refractivity contribution >= 4 is 17.5 Å². The summed E-state index contributed by atoms with van der Waals surface area (Å²) >= 11 is 5.88. The highest BCUT2D eigenvalue weighted by Crippen LogP contribution is 2.22. The van der Waals surface area contributed by atoms with Gasteiger partial charge < -0.3 is 10.1 Å². The zero-order chi connectivity index (χ0) is 12.7. The van der Waals surface area contributed by atoms with Gasteiger partial charge in [0, 0.05) is 17.1 Å². The Bertz CT molecular complexity index is 404. The van der Waals surface area contributed by atoms with E-state index < -0.39 is 0 Å². The molecule has 1 amide bonds. The molecule has 0 unspecified atom stereocenters. The zero-order valence-corrected chi connectivity index (χ0v) is 10.6. The quantitative estimate of drug-likeness (QED) is 0.625. The molecule has 0 atom stereocenters. The zero-order valence-electron chi connectivity index (χ0n) is 9.83. The first-order chi connectivity index (χ1) is 8.17. The summed E-state index contributed by atoms with van der Waals surface area (Å²) in [6.45, 7) is 4.19. The van der Waals surface area contributed by atoms with Crippen LogP contribution in [-0.4, -0.2) is 19.6 Å². The van der Waals surface area contributed by atoms with Gasteiger partial charge in [0.1, 0.15) is 5.75 Å². The third kappa shape index (κ3) is 4.49. The van der Waals surface area contributed by atoms with Crippen molar-refractivity contribution in [3.05, 3.63) is 41.4 Å². The van der Waals surface area contributed by atoms with Crippen LogP contribution in [0.2, 0.25) is 5.02 Å². The molecular weight excluding hydrogens is 238 g/mol. The summed E-state index contributed by atoms with van der Waals surface area (Å²) < 4.78 is 5.17. The molecule has 1 N–H and O–H groups in total. The predicted molar refractivity (Wildman–Crippen MR) is 69.5 cm³/mol. The normalized spacial score (nSPS) is 9.76. The van der Waals surface area contributed by atoms with Crippen LogP contribution < -0.4 is 10.1 Å². The molecule has 0 aliphatic carbocycles. The number of benzene rings is 1. The maximum Gasteiger partial charge on any atom is 0.224 e. The second-order valence-corrected chi connectivity index (χ2v) is 4.00. The summed E-state index contributed by atoms with van der Waals surface area (Å²) in [5.41, 5.74) is 0.788. The van der Waals surface area contributed by atoms with Gasteiger partial charge in [0.05, 0.1) is 13.5 Å². The second-order valence-electron chi connectivity index (χ2n) is 3.56. The van der Waals surface area contributed by atoms with E-state index in [4.69, 9.17) is 16.3 Å². The van der Waals surface area contributed by atoms with Crippen LogP contribution >= 0.6 is 11.6 Å². The Morgan fingerprint density at radius 2 is 2.35 bits per heavy atom. The number of rotatable bonds is 6. The molecule has 0 radical (unpaired) electrons. The van der Waals surface area contributed by atoms with Crippen LogP contribution in [0.15, 0.2) is 30.9 Å². The lowest BCUT2D eigenvalue weighted by atomic mass is 10.1. The van der Waals surface area contributed by atoms with Crippen LogP contribution in [0.25, 0.3) is 0 Å². The van der Waals surface area contributed by atoms with Crippen molar-refractivity contribution in [2.24, 2.45) is 0 Å². The fourth-order valence-electron chi connectivity index (χ4n) is 1.43. The minimum absolute atomic E-state index is 0.0487. The van der Waals surface area contributed by atoms with Gasteiger partial charge in [0.25, 0.3) is 0 Å². The molecule has 0 aliphatic rings. The standard InChI is InChI=1S/C13H16ClNO2/c1-3-4-7-15-13(16)9-10-8-11(14)5-6-12(10)17-2/h3,5-6,8H,1,4,7,9H2,2H3,(H,15,16). The monoisotopic (exact) mass is 253 g/mol. The highest BCUT2D eigenvalue weighted by Gasteiger charge is 2.08. The van der Waals surface area contributed by atoms with E-state index in [1.54, 1.807) is 31.4 Å².